The number of hydrogen-bond donors (Lipinski definition) is 0. The molecular weight excluding hydrogens is 370 g/mol. The Morgan fingerprint density at radius 1 is 1.12 bits per heavy atom. The van der Waals surface area contributed by atoms with Gasteiger partial charge in [-0.1, -0.05) is 23.4 Å². The molecule has 0 spiro atoms. The fraction of sp³-hybridized carbons (Fsp3) is 0.211. The summed E-state index contributed by atoms with van der Waals surface area (Å²) in [6, 6.07) is 14.5. The van der Waals surface area contributed by atoms with Crippen LogP contribution in [0.5, 0.6) is 5.75 Å². The molecule has 26 heavy (non-hydrogen) atoms. The van der Waals surface area contributed by atoms with Gasteiger partial charge in [0.25, 0.3) is 0 Å². The molecule has 0 aliphatic rings. The van der Waals surface area contributed by atoms with Crippen LogP contribution in [-0.4, -0.2) is 32.9 Å². The Bertz CT molecular complexity index is 908. The number of halogens is 1. The number of hydrogen-bond acceptors (Lipinski definition) is 5. The summed E-state index contributed by atoms with van der Waals surface area (Å²) in [5.74, 6) is 1.49. The summed E-state index contributed by atoms with van der Waals surface area (Å²) >= 11 is 7.32. The summed E-state index contributed by atoms with van der Waals surface area (Å²) < 4.78 is 7.01. The first-order valence-corrected chi connectivity index (χ1v) is 9.25. The van der Waals surface area contributed by atoms with Crippen molar-refractivity contribution in [3.8, 4) is 17.1 Å². The Balaban J connectivity index is 1.75. The molecule has 0 N–H and O–H groups in total. The molecule has 0 unspecified atom stereocenters. The third kappa shape index (κ3) is 3.92. The highest BCUT2D eigenvalue weighted by atomic mass is 35.5. The number of rotatable bonds is 6. The highest BCUT2D eigenvalue weighted by Crippen LogP contribution is 2.28. The van der Waals surface area contributed by atoms with Crippen LogP contribution in [0.4, 0.5) is 0 Å². The number of carbonyl (C=O) groups is 1. The van der Waals surface area contributed by atoms with Gasteiger partial charge >= 0.3 is 0 Å². The SMILES string of the molecule is COc1ccc(C(=O)[C@H](C)Sc2nnc(-c3ccc(Cl)cc3)n2C)cc1. The maximum atomic E-state index is 12.6. The van der Waals surface area contributed by atoms with Gasteiger partial charge in [0.05, 0.1) is 12.4 Å². The van der Waals surface area contributed by atoms with Gasteiger partial charge in [-0.2, -0.15) is 0 Å². The smallest absolute Gasteiger partial charge is 0.191 e. The highest BCUT2D eigenvalue weighted by Gasteiger charge is 2.20. The van der Waals surface area contributed by atoms with Gasteiger partial charge in [0, 0.05) is 23.2 Å². The van der Waals surface area contributed by atoms with Crippen LogP contribution in [0.3, 0.4) is 0 Å². The Morgan fingerprint density at radius 2 is 1.77 bits per heavy atom. The summed E-state index contributed by atoms with van der Waals surface area (Å²) in [5.41, 5.74) is 1.57. The normalized spacial score (nSPS) is 12.0. The van der Waals surface area contributed by atoms with Gasteiger partial charge in [-0.15, -0.1) is 10.2 Å². The standard InChI is InChI=1S/C19H18ClN3O2S/c1-12(17(24)13-6-10-16(25-3)11-7-13)26-19-22-21-18(23(19)2)14-4-8-15(20)9-5-14/h4-12H,1-3H3/t12-/m0/s1. The topological polar surface area (TPSA) is 57.0 Å². The molecule has 2 aromatic carbocycles. The van der Waals surface area contributed by atoms with Gasteiger partial charge in [0.2, 0.25) is 0 Å². The van der Waals surface area contributed by atoms with E-state index in [0.717, 1.165) is 17.1 Å². The van der Waals surface area contributed by atoms with E-state index in [0.29, 0.717) is 15.7 Å². The van der Waals surface area contributed by atoms with Crippen LogP contribution >= 0.6 is 23.4 Å². The molecule has 0 bridgehead atoms. The Morgan fingerprint density at radius 3 is 2.38 bits per heavy atom. The number of nitrogens with zero attached hydrogens (tertiary/aromatic N) is 3. The van der Waals surface area contributed by atoms with E-state index >= 15 is 0 Å². The first-order valence-electron chi connectivity index (χ1n) is 8.00. The van der Waals surface area contributed by atoms with Crippen LogP contribution in [0, 0.1) is 0 Å². The molecule has 1 aromatic heterocycles. The Labute approximate surface area is 161 Å². The lowest BCUT2D eigenvalue weighted by molar-refractivity contribution is 0.0994. The monoisotopic (exact) mass is 387 g/mol. The minimum atomic E-state index is -0.288. The van der Waals surface area contributed by atoms with Gasteiger partial charge in [-0.05, 0) is 55.5 Å². The first kappa shape index (κ1) is 18.5. The number of ketones is 1. The lowest BCUT2D eigenvalue weighted by Gasteiger charge is -2.10. The van der Waals surface area contributed by atoms with Gasteiger partial charge in [0.1, 0.15) is 5.75 Å². The van der Waals surface area contributed by atoms with Crippen molar-refractivity contribution in [1.29, 1.82) is 0 Å². The van der Waals surface area contributed by atoms with Crippen molar-refractivity contribution < 1.29 is 9.53 Å². The lowest BCUT2D eigenvalue weighted by Crippen LogP contribution is -2.14. The second kappa shape index (κ2) is 7.93. The van der Waals surface area contributed by atoms with E-state index in [1.165, 1.54) is 11.8 Å². The summed E-state index contributed by atoms with van der Waals surface area (Å²) in [6.07, 6.45) is 0. The largest absolute Gasteiger partial charge is 0.497 e. The van der Waals surface area contributed by atoms with Crippen molar-refractivity contribution in [3.05, 3.63) is 59.1 Å². The third-order valence-electron chi connectivity index (χ3n) is 3.96. The molecule has 3 aromatic rings. The molecule has 0 saturated carbocycles. The number of ether oxygens (including phenoxy) is 1. The van der Waals surface area contributed by atoms with Crippen LogP contribution in [0.15, 0.2) is 53.7 Å². The molecule has 0 amide bonds. The zero-order chi connectivity index (χ0) is 18.7. The van der Waals surface area contributed by atoms with E-state index in [2.05, 4.69) is 10.2 Å². The van der Waals surface area contributed by atoms with Crippen molar-refractivity contribution in [1.82, 2.24) is 14.8 Å². The molecule has 0 fully saturated rings. The highest BCUT2D eigenvalue weighted by molar-refractivity contribution is 8.00. The zero-order valence-corrected chi connectivity index (χ0v) is 16.2. The number of aromatic nitrogens is 3. The van der Waals surface area contributed by atoms with Gasteiger partial charge in [0.15, 0.2) is 16.8 Å². The molecule has 0 aliphatic carbocycles. The van der Waals surface area contributed by atoms with Crippen LogP contribution < -0.4 is 4.74 Å². The lowest BCUT2D eigenvalue weighted by atomic mass is 10.1. The first-order chi connectivity index (χ1) is 12.5. The zero-order valence-electron chi connectivity index (χ0n) is 14.6. The summed E-state index contributed by atoms with van der Waals surface area (Å²) in [7, 11) is 3.48. The molecule has 7 heteroatoms. The van der Waals surface area contributed by atoms with E-state index in [9.17, 15) is 4.79 Å². The fourth-order valence-electron chi connectivity index (χ4n) is 2.47. The minimum Gasteiger partial charge on any atom is -0.497 e. The molecule has 1 atom stereocenters. The van der Waals surface area contributed by atoms with Gasteiger partial charge in [-0.3, -0.25) is 4.79 Å². The molecule has 0 aliphatic heterocycles. The molecule has 3 rings (SSSR count). The average molecular weight is 388 g/mol. The molecular formula is C19H18ClN3O2S. The van der Waals surface area contributed by atoms with E-state index < -0.39 is 0 Å². The quantitative estimate of drug-likeness (QED) is 0.460. The maximum absolute atomic E-state index is 12.6. The molecule has 0 saturated heterocycles. The van der Waals surface area contributed by atoms with E-state index in [4.69, 9.17) is 16.3 Å². The summed E-state index contributed by atoms with van der Waals surface area (Å²) in [6.45, 7) is 1.87. The Hall–Kier alpha value is -2.31. The van der Waals surface area contributed by atoms with Gasteiger partial charge < -0.3 is 9.30 Å². The summed E-state index contributed by atoms with van der Waals surface area (Å²) in [5, 5.41) is 9.54. The number of Topliss-reactive ketones (excluding diaryl/α,β-unsaturated/α-hetero) is 1. The second-order valence-corrected chi connectivity index (χ2v) is 7.47. The van der Waals surface area contributed by atoms with Crippen molar-refractivity contribution in [2.75, 3.05) is 7.11 Å². The van der Waals surface area contributed by atoms with Crippen LogP contribution in [0.1, 0.15) is 17.3 Å². The number of carbonyl (C=O) groups excluding carboxylic acids is 1. The van der Waals surface area contributed by atoms with E-state index in [-0.39, 0.29) is 11.0 Å². The molecule has 134 valence electrons. The second-order valence-electron chi connectivity index (χ2n) is 5.72. The minimum absolute atomic E-state index is 0.0358. The molecule has 5 nitrogen and oxygen atoms in total. The fourth-order valence-corrected chi connectivity index (χ4v) is 3.49. The predicted octanol–water partition coefficient (Wildman–Crippen LogP) is 4.51. The van der Waals surface area contributed by atoms with E-state index in [1.54, 1.807) is 31.4 Å². The summed E-state index contributed by atoms with van der Waals surface area (Å²) in [4.78, 5) is 12.6. The molecule has 1 heterocycles. The third-order valence-corrected chi connectivity index (χ3v) is 5.35. The number of methoxy groups -OCH3 is 1. The van der Waals surface area contributed by atoms with Crippen molar-refractivity contribution in [2.45, 2.75) is 17.3 Å². The van der Waals surface area contributed by atoms with Crippen molar-refractivity contribution in [2.24, 2.45) is 7.05 Å². The number of benzene rings is 2. The predicted molar refractivity (Wildman–Crippen MR) is 104 cm³/mol. The van der Waals surface area contributed by atoms with E-state index in [1.807, 2.05) is 42.8 Å². The maximum Gasteiger partial charge on any atom is 0.191 e. The van der Waals surface area contributed by atoms with Crippen LogP contribution in [0.25, 0.3) is 11.4 Å². The molecule has 0 radical (unpaired) electrons. The van der Waals surface area contributed by atoms with Crippen molar-refractivity contribution in [3.63, 3.8) is 0 Å². The van der Waals surface area contributed by atoms with Crippen molar-refractivity contribution >= 4 is 29.1 Å². The van der Waals surface area contributed by atoms with Gasteiger partial charge in [-0.25, -0.2) is 0 Å². The van der Waals surface area contributed by atoms with Crippen LogP contribution in [-0.2, 0) is 7.05 Å². The average Bonchev–Trinajstić information content (AvgIpc) is 3.02. The van der Waals surface area contributed by atoms with Crippen LogP contribution in [0.2, 0.25) is 5.02 Å². The number of thioether (sulfide) groups is 1. The Kier molecular flexibility index (Phi) is 5.64.